The lowest BCUT2D eigenvalue weighted by atomic mass is 10.1. The number of carbonyl (C=O) groups excluding carboxylic acids is 1. The fraction of sp³-hybridized carbons (Fsp3) is 0.462. The summed E-state index contributed by atoms with van der Waals surface area (Å²) in [7, 11) is 0. The Labute approximate surface area is 115 Å². The molecule has 1 amide bonds. The van der Waals surface area contributed by atoms with E-state index in [0.29, 0.717) is 18.1 Å². The monoisotopic (exact) mass is 312 g/mol. The van der Waals surface area contributed by atoms with Crippen molar-refractivity contribution in [2.45, 2.75) is 12.8 Å². The summed E-state index contributed by atoms with van der Waals surface area (Å²) >= 11 is 3.38. The predicted molar refractivity (Wildman–Crippen MR) is 73.7 cm³/mol. The predicted octanol–water partition coefficient (Wildman–Crippen LogP) is 1.93. The minimum absolute atomic E-state index is 0.431. The smallest absolute Gasteiger partial charge is 0.248 e. The van der Waals surface area contributed by atoms with Gasteiger partial charge in [0.25, 0.3) is 0 Å². The molecule has 0 aliphatic carbocycles. The molecule has 1 aliphatic heterocycles. The maximum atomic E-state index is 11.0. The van der Waals surface area contributed by atoms with Crippen molar-refractivity contribution < 1.29 is 9.53 Å². The van der Waals surface area contributed by atoms with Crippen molar-refractivity contribution in [3.05, 3.63) is 28.2 Å². The van der Waals surface area contributed by atoms with Gasteiger partial charge >= 0.3 is 0 Å². The molecule has 0 radical (unpaired) electrons. The molecule has 2 rings (SSSR count). The van der Waals surface area contributed by atoms with E-state index in [9.17, 15) is 4.79 Å². The van der Waals surface area contributed by atoms with Crippen molar-refractivity contribution >= 4 is 21.8 Å². The highest BCUT2D eigenvalue weighted by Crippen LogP contribution is 2.26. The molecular formula is C13H17BrN2O2. The van der Waals surface area contributed by atoms with Crippen LogP contribution in [0.5, 0.6) is 5.75 Å². The molecule has 5 heteroatoms. The summed E-state index contributed by atoms with van der Waals surface area (Å²) < 4.78 is 6.47. The number of hydrogen-bond donors (Lipinski definition) is 2. The van der Waals surface area contributed by atoms with E-state index in [1.807, 2.05) is 0 Å². The van der Waals surface area contributed by atoms with Crippen LogP contribution in [0.3, 0.4) is 0 Å². The molecule has 1 unspecified atom stereocenters. The standard InChI is InChI=1S/C13H17BrN2O2/c14-11-7-10(13(15)17)1-2-12(11)18-6-4-9-3-5-16-8-9/h1-2,7,9,16H,3-6,8H2,(H2,15,17). The molecule has 1 aliphatic rings. The van der Waals surface area contributed by atoms with Crippen molar-refractivity contribution in [1.82, 2.24) is 5.32 Å². The van der Waals surface area contributed by atoms with Crippen LogP contribution in [0.25, 0.3) is 0 Å². The molecule has 0 spiro atoms. The first-order chi connectivity index (χ1) is 8.66. The third kappa shape index (κ3) is 3.46. The highest BCUT2D eigenvalue weighted by molar-refractivity contribution is 9.10. The topological polar surface area (TPSA) is 64.4 Å². The van der Waals surface area contributed by atoms with Crippen LogP contribution in [0.1, 0.15) is 23.2 Å². The molecule has 98 valence electrons. The fourth-order valence-electron chi connectivity index (χ4n) is 2.07. The zero-order valence-corrected chi connectivity index (χ0v) is 11.7. The van der Waals surface area contributed by atoms with Crippen LogP contribution in [-0.4, -0.2) is 25.6 Å². The van der Waals surface area contributed by atoms with Crippen molar-refractivity contribution in [1.29, 1.82) is 0 Å². The molecule has 1 heterocycles. The van der Waals surface area contributed by atoms with Gasteiger partial charge in [-0.1, -0.05) is 0 Å². The number of primary amides is 1. The van der Waals surface area contributed by atoms with Gasteiger partial charge in [0.1, 0.15) is 5.75 Å². The summed E-state index contributed by atoms with van der Waals surface area (Å²) in [5.74, 6) is 1.04. The van der Waals surface area contributed by atoms with E-state index in [-0.39, 0.29) is 0 Å². The molecule has 1 aromatic carbocycles. The lowest BCUT2D eigenvalue weighted by Crippen LogP contribution is -2.12. The van der Waals surface area contributed by atoms with Gasteiger partial charge in [0.2, 0.25) is 5.91 Å². The van der Waals surface area contributed by atoms with Crippen LogP contribution in [-0.2, 0) is 0 Å². The van der Waals surface area contributed by atoms with Crippen LogP contribution < -0.4 is 15.8 Å². The zero-order valence-electron chi connectivity index (χ0n) is 10.1. The third-order valence-corrected chi connectivity index (χ3v) is 3.78. The normalized spacial score (nSPS) is 18.8. The van der Waals surface area contributed by atoms with Crippen LogP contribution >= 0.6 is 15.9 Å². The molecule has 3 N–H and O–H groups in total. The maximum absolute atomic E-state index is 11.0. The Morgan fingerprint density at radius 3 is 3.00 bits per heavy atom. The highest BCUT2D eigenvalue weighted by Gasteiger charge is 2.14. The number of halogens is 1. The number of nitrogens with two attached hydrogens (primary N) is 1. The van der Waals surface area contributed by atoms with E-state index >= 15 is 0 Å². The number of nitrogens with one attached hydrogen (secondary N) is 1. The summed E-state index contributed by atoms with van der Waals surface area (Å²) in [5, 5.41) is 3.34. The van der Waals surface area contributed by atoms with E-state index in [1.165, 1.54) is 6.42 Å². The average molecular weight is 313 g/mol. The second kappa shape index (κ2) is 6.20. The number of hydrogen-bond acceptors (Lipinski definition) is 3. The molecular weight excluding hydrogens is 296 g/mol. The lowest BCUT2D eigenvalue weighted by Gasteiger charge is -2.11. The second-order valence-electron chi connectivity index (χ2n) is 4.51. The second-order valence-corrected chi connectivity index (χ2v) is 5.36. The summed E-state index contributed by atoms with van der Waals surface area (Å²) in [6.45, 7) is 2.90. The Morgan fingerprint density at radius 1 is 1.56 bits per heavy atom. The first-order valence-corrected chi connectivity index (χ1v) is 6.89. The van der Waals surface area contributed by atoms with Gasteiger partial charge in [0.15, 0.2) is 0 Å². The Morgan fingerprint density at radius 2 is 2.39 bits per heavy atom. The molecule has 1 fully saturated rings. The molecule has 0 aromatic heterocycles. The number of rotatable bonds is 5. The van der Waals surface area contributed by atoms with E-state index in [1.54, 1.807) is 18.2 Å². The number of amides is 1. The number of ether oxygens (including phenoxy) is 1. The minimum atomic E-state index is -0.431. The van der Waals surface area contributed by atoms with E-state index in [4.69, 9.17) is 10.5 Å². The summed E-state index contributed by atoms with van der Waals surface area (Å²) in [6.07, 6.45) is 2.28. The lowest BCUT2D eigenvalue weighted by molar-refractivity contribution is 0.1000. The van der Waals surface area contributed by atoms with E-state index < -0.39 is 5.91 Å². The Bertz CT molecular complexity index is 431. The molecule has 4 nitrogen and oxygen atoms in total. The van der Waals surface area contributed by atoms with Crippen LogP contribution in [0, 0.1) is 5.92 Å². The molecule has 1 atom stereocenters. The van der Waals surface area contributed by atoms with Crippen molar-refractivity contribution in [3.63, 3.8) is 0 Å². The fourth-order valence-corrected chi connectivity index (χ4v) is 2.56. The largest absolute Gasteiger partial charge is 0.492 e. The van der Waals surface area contributed by atoms with E-state index in [0.717, 1.165) is 29.7 Å². The SMILES string of the molecule is NC(=O)c1ccc(OCCC2CCNC2)c(Br)c1. The summed E-state index contributed by atoms with van der Waals surface area (Å²) in [6, 6.07) is 5.14. The zero-order chi connectivity index (χ0) is 13.0. The molecule has 0 bridgehead atoms. The van der Waals surface area contributed by atoms with Gasteiger partial charge < -0.3 is 15.8 Å². The van der Waals surface area contributed by atoms with Crippen LogP contribution in [0.15, 0.2) is 22.7 Å². The first-order valence-electron chi connectivity index (χ1n) is 6.09. The van der Waals surface area contributed by atoms with E-state index in [2.05, 4.69) is 21.2 Å². The van der Waals surface area contributed by atoms with Gasteiger partial charge in [-0.15, -0.1) is 0 Å². The quantitative estimate of drug-likeness (QED) is 0.873. The maximum Gasteiger partial charge on any atom is 0.248 e. The Kier molecular flexibility index (Phi) is 4.60. The van der Waals surface area contributed by atoms with Crippen molar-refractivity contribution in [2.24, 2.45) is 11.7 Å². The van der Waals surface area contributed by atoms with Gasteiger partial charge in [0, 0.05) is 5.56 Å². The Hall–Kier alpha value is -1.07. The van der Waals surface area contributed by atoms with Crippen LogP contribution in [0.2, 0.25) is 0 Å². The van der Waals surface area contributed by atoms with Crippen LogP contribution in [0.4, 0.5) is 0 Å². The summed E-state index contributed by atoms with van der Waals surface area (Å²) in [4.78, 5) is 11.0. The van der Waals surface area contributed by atoms with Gasteiger partial charge in [-0.3, -0.25) is 4.79 Å². The third-order valence-electron chi connectivity index (χ3n) is 3.16. The minimum Gasteiger partial charge on any atom is -0.492 e. The number of carbonyl (C=O) groups is 1. The first kappa shape index (κ1) is 13.4. The van der Waals surface area contributed by atoms with Gasteiger partial charge in [0.05, 0.1) is 11.1 Å². The van der Waals surface area contributed by atoms with Gasteiger partial charge in [-0.25, -0.2) is 0 Å². The average Bonchev–Trinajstić information content (AvgIpc) is 2.84. The Balaban J connectivity index is 1.87. The summed E-state index contributed by atoms with van der Waals surface area (Å²) in [5.41, 5.74) is 5.69. The molecule has 1 saturated heterocycles. The molecule has 18 heavy (non-hydrogen) atoms. The highest BCUT2D eigenvalue weighted by atomic mass is 79.9. The van der Waals surface area contributed by atoms with Gasteiger partial charge in [-0.05, 0) is 66.0 Å². The molecule has 1 aromatic rings. The van der Waals surface area contributed by atoms with Crippen molar-refractivity contribution in [3.8, 4) is 5.75 Å². The van der Waals surface area contributed by atoms with Crippen molar-refractivity contribution in [2.75, 3.05) is 19.7 Å². The number of benzene rings is 1. The van der Waals surface area contributed by atoms with Gasteiger partial charge in [-0.2, -0.15) is 0 Å². The molecule has 0 saturated carbocycles.